The summed E-state index contributed by atoms with van der Waals surface area (Å²) < 4.78 is 5.33. The summed E-state index contributed by atoms with van der Waals surface area (Å²) in [5.41, 5.74) is 8.31. The predicted molar refractivity (Wildman–Crippen MR) is 85.0 cm³/mol. The molecule has 0 bridgehead atoms. The number of nitrogens with zero attached hydrogens (tertiary/aromatic N) is 2. The third-order valence-corrected chi connectivity index (χ3v) is 3.25. The van der Waals surface area contributed by atoms with E-state index in [1.165, 1.54) is 11.1 Å². The molecule has 1 aromatic carbocycles. The first-order chi connectivity index (χ1) is 10.1. The first-order valence-corrected chi connectivity index (χ1v) is 7.13. The Morgan fingerprint density at radius 2 is 2.05 bits per heavy atom. The topological polar surface area (TPSA) is 73.1 Å². The van der Waals surface area contributed by atoms with E-state index in [2.05, 4.69) is 41.3 Å². The van der Waals surface area contributed by atoms with Crippen LogP contribution >= 0.6 is 0 Å². The van der Waals surface area contributed by atoms with Crippen LogP contribution in [-0.2, 0) is 11.3 Å². The van der Waals surface area contributed by atoms with Crippen molar-refractivity contribution in [3.8, 4) is 0 Å². The van der Waals surface area contributed by atoms with Crippen LogP contribution in [0.15, 0.2) is 30.3 Å². The van der Waals surface area contributed by atoms with Crippen molar-refractivity contribution in [2.75, 3.05) is 17.7 Å². The van der Waals surface area contributed by atoms with Gasteiger partial charge in [-0.05, 0) is 31.9 Å². The average Bonchev–Trinajstić information content (AvgIpc) is 2.45. The van der Waals surface area contributed by atoms with Gasteiger partial charge in [0, 0.05) is 12.7 Å². The lowest BCUT2D eigenvalue weighted by Crippen LogP contribution is -2.12. The first kappa shape index (κ1) is 15.3. The minimum absolute atomic E-state index is 0.139. The Bertz CT molecular complexity index is 601. The summed E-state index contributed by atoms with van der Waals surface area (Å²) in [4.78, 5) is 8.61. The molecule has 2 aromatic rings. The molecule has 0 saturated heterocycles. The van der Waals surface area contributed by atoms with Gasteiger partial charge >= 0.3 is 0 Å². The van der Waals surface area contributed by atoms with Crippen molar-refractivity contribution in [2.24, 2.45) is 0 Å². The molecular formula is C16H22N4O. The van der Waals surface area contributed by atoms with Crippen LogP contribution in [0.3, 0.4) is 0 Å². The molecule has 0 fully saturated rings. The SMILES string of the molecule is CCOCc1nc(N)cc(NC(C)c2ccccc2C)n1. The number of hydrogen-bond donors (Lipinski definition) is 2. The van der Waals surface area contributed by atoms with Crippen LogP contribution in [0.5, 0.6) is 0 Å². The molecule has 1 unspecified atom stereocenters. The summed E-state index contributed by atoms with van der Waals surface area (Å²) in [6.45, 7) is 7.13. The summed E-state index contributed by atoms with van der Waals surface area (Å²) in [7, 11) is 0. The predicted octanol–water partition coefficient (Wildman–Crippen LogP) is 3.08. The van der Waals surface area contributed by atoms with Crippen LogP contribution in [0.4, 0.5) is 11.6 Å². The van der Waals surface area contributed by atoms with Crippen molar-refractivity contribution in [1.29, 1.82) is 0 Å². The quantitative estimate of drug-likeness (QED) is 0.853. The van der Waals surface area contributed by atoms with E-state index >= 15 is 0 Å². The molecule has 21 heavy (non-hydrogen) atoms. The van der Waals surface area contributed by atoms with Crippen molar-refractivity contribution >= 4 is 11.6 Å². The van der Waals surface area contributed by atoms with Crippen molar-refractivity contribution in [2.45, 2.75) is 33.4 Å². The number of benzene rings is 1. The number of ether oxygens (including phenoxy) is 1. The van der Waals surface area contributed by atoms with E-state index in [1.54, 1.807) is 6.07 Å². The lowest BCUT2D eigenvalue weighted by atomic mass is 10.0. The van der Waals surface area contributed by atoms with Gasteiger partial charge in [-0.1, -0.05) is 24.3 Å². The Morgan fingerprint density at radius 1 is 1.29 bits per heavy atom. The first-order valence-electron chi connectivity index (χ1n) is 7.13. The van der Waals surface area contributed by atoms with E-state index in [0.29, 0.717) is 30.7 Å². The second-order valence-corrected chi connectivity index (χ2v) is 4.95. The Hall–Kier alpha value is -2.14. The van der Waals surface area contributed by atoms with E-state index in [9.17, 15) is 0 Å². The van der Waals surface area contributed by atoms with E-state index < -0.39 is 0 Å². The Labute approximate surface area is 125 Å². The third kappa shape index (κ3) is 4.16. The summed E-state index contributed by atoms with van der Waals surface area (Å²) in [6.07, 6.45) is 0. The molecule has 0 amide bonds. The fourth-order valence-electron chi connectivity index (χ4n) is 2.22. The minimum atomic E-state index is 0.139. The van der Waals surface area contributed by atoms with E-state index in [4.69, 9.17) is 10.5 Å². The Kier molecular flexibility index (Phi) is 5.11. The zero-order valence-corrected chi connectivity index (χ0v) is 12.8. The molecule has 0 aliphatic carbocycles. The molecule has 5 nitrogen and oxygen atoms in total. The number of aryl methyl sites for hydroxylation is 1. The van der Waals surface area contributed by atoms with Gasteiger partial charge in [0.1, 0.15) is 18.2 Å². The largest absolute Gasteiger partial charge is 0.384 e. The van der Waals surface area contributed by atoms with Crippen LogP contribution in [0.1, 0.15) is 36.8 Å². The van der Waals surface area contributed by atoms with Gasteiger partial charge in [-0.3, -0.25) is 0 Å². The molecular weight excluding hydrogens is 264 g/mol. The molecule has 0 aliphatic heterocycles. The number of hydrogen-bond acceptors (Lipinski definition) is 5. The molecule has 1 atom stereocenters. The zero-order valence-electron chi connectivity index (χ0n) is 12.8. The summed E-state index contributed by atoms with van der Waals surface area (Å²) >= 11 is 0. The number of rotatable bonds is 6. The van der Waals surface area contributed by atoms with Gasteiger partial charge in [0.15, 0.2) is 5.82 Å². The molecule has 5 heteroatoms. The van der Waals surface area contributed by atoms with Crippen LogP contribution < -0.4 is 11.1 Å². The van der Waals surface area contributed by atoms with Crippen LogP contribution in [0.25, 0.3) is 0 Å². The number of aromatic nitrogens is 2. The lowest BCUT2D eigenvalue weighted by molar-refractivity contribution is 0.128. The second kappa shape index (κ2) is 7.04. The van der Waals surface area contributed by atoms with Gasteiger partial charge in [0.2, 0.25) is 0 Å². The summed E-state index contributed by atoms with van der Waals surface area (Å²) in [5, 5.41) is 3.37. The second-order valence-electron chi connectivity index (χ2n) is 4.95. The highest BCUT2D eigenvalue weighted by Gasteiger charge is 2.10. The molecule has 3 N–H and O–H groups in total. The van der Waals surface area contributed by atoms with Crippen molar-refractivity contribution in [3.05, 3.63) is 47.3 Å². The number of nitrogens with two attached hydrogens (primary N) is 1. The minimum Gasteiger partial charge on any atom is -0.384 e. The highest BCUT2D eigenvalue weighted by Crippen LogP contribution is 2.21. The number of anilines is 2. The van der Waals surface area contributed by atoms with Gasteiger partial charge in [-0.25, -0.2) is 9.97 Å². The highest BCUT2D eigenvalue weighted by atomic mass is 16.5. The molecule has 112 valence electrons. The molecule has 1 heterocycles. The standard InChI is InChI=1S/C16H22N4O/c1-4-21-10-16-19-14(17)9-15(20-16)18-12(3)13-8-6-5-7-11(13)2/h5-9,12H,4,10H2,1-3H3,(H3,17,18,19,20). The van der Waals surface area contributed by atoms with Gasteiger partial charge in [0.25, 0.3) is 0 Å². The molecule has 0 spiro atoms. The normalized spacial score (nSPS) is 12.1. The van der Waals surface area contributed by atoms with Crippen LogP contribution in [0.2, 0.25) is 0 Å². The average molecular weight is 286 g/mol. The number of nitrogens with one attached hydrogen (secondary N) is 1. The zero-order chi connectivity index (χ0) is 15.2. The maximum atomic E-state index is 5.83. The lowest BCUT2D eigenvalue weighted by Gasteiger charge is -2.17. The van der Waals surface area contributed by atoms with Gasteiger partial charge in [-0.15, -0.1) is 0 Å². The molecule has 0 radical (unpaired) electrons. The smallest absolute Gasteiger partial charge is 0.158 e. The van der Waals surface area contributed by atoms with Crippen LogP contribution in [-0.4, -0.2) is 16.6 Å². The van der Waals surface area contributed by atoms with Crippen LogP contribution in [0, 0.1) is 6.92 Å². The summed E-state index contributed by atoms with van der Waals surface area (Å²) in [5.74, 6) is 1.75. The van der Waals surface area contributed by atoms with Gasteiger partial charge in [-0.2, -0.15) is 0 Å². The monoisotopic (exact) mass is 286 g/mol. The Balaban J connectivity index is 2.15. The summed E-state index contributed by atoms with van der Waals surface area (Å²) in [6, 6.07) is 10.2. The maximum Gasteiger partial charge on any atom is 0.158 e. The number of nitrogen functional groups attached to an aromatic ring is 1. The fraction of sp³-hybridized carbons (Fsp3) is 0.375. The van der Waals surface area contributed by atoms with Crippen molar-refractivity contribution < 1.29 is 4.74 Å². The van der Waals surface area contributed by atoms with Crippen molar-refractivity contribution in [3.63, 3.8) is 0 Å². The fourth-order valence-corrected chi connectivity index (χ4v) is 2.22. The van der Waals surface area contributed by atoms with Gasteiger partial charge < -0.3 is 15.8 Å². The van der Waals surface area contributed by atoms with Crippen molar-refractivity contribution in [1.82, 2.24) is 9.97 Å². The third-order valence-electron chi connectivity index (χ3n) is 3.25. The molecule has 0 aliphatic rings. The maximum absolute atomic E-state index is 5.83. The van der Waals surface area contributed by atoms with E-state index in [0.717, 1.165) is 0 Å². The molecule has 2 rings (SSSR count). The Morgan fingerprint density at radius 3 is 2.76 bits per heavy atom. The highest BCUT2D eigenvalue weighted by molar-refractivity contribution is 5.47. The van der Waals surface area contributed by atoms with Gasteiger partial charge in [0.05, 0.1) is 6.04 Å². The van der Waals surface area contributed by atoms with E-state index in [1.807, 2.05) is 19.1 Å². The molecule has 0 saturated carbocycles. The molecule has 1 aromatic heterocycles. The van der Waals surface area contributed by atoms with E-state index in [-0.39, 0.29) is 6.04 Å².